The Balaban J connectivity index is 0.00000225. The first-order chi connectivity index (χ1) is 13.2. The first kappa shape index (κ1) is 25.8. The fourth-order valence-electron chi connectivity index (χ4n) is 3.25. The van der Waals surface area contributed by atoms with Gasteiger partial charge >= 0.3 is 6.36 Å². The molecule has 0 saturated carbocycles. The normalized spacial score (nSPS) is 15.4. The number of nitrogens with zero attached hydrogens (tertiary/aromatic N) is 2. The minimum atomic E-state index is -4.79. The Labute approximate surface area is 182 Å². The van der Waals surface area contributed by atoms with Gasteiger partial charge in [-0.25, -0.2) is 0 Å². The van der Waals surface area contributed by atoms with Gasteiger partial charge in [0.2, 0.25) is 0 Å². The molecule has 2 aromatic carbocycles. The summed E-state index contributed by atoms with van der Waals surface area (Å²) in [6.45, 7) is 2.57. The number of halogens is 5. The van der Waals surface area contributed by atoms with Crippen molar-refractivity contribution in [3.8, 4) is 11.5 Å². The number of piperazine rings is 1. The molecular formula is C18H20Cl2F3N3O4. The van der Waals surface area contributed by atoms with Crippen LogP contribution in [0.3, 0.4) is 0 Å². The average Bonchev–Trinajstić information content (AvgIpc) is 2.64. The van der Waals surface area contributed by atoms with Crippen molar-refractivity contribution in [1.29, 1.82) is 0 Å². The number of nitrogens with one attached hydrogen (secondary N) is 1. The predicted octanol–water partition coefficient (Wildman–Crippen LogP) is 4.04. The first-order valence-electron chi connectivity index (χ1n) is 8.52. The summed E-state index contributed by atoms with van der Waals surface area (Å²) in [7, 11) is 0. The van der Waals surface area contributed by atoms with Gasteiger partial charge in [-0.3, -0.25) is 15.0 Å². The second kappa shape index (κ2) is 10.7. The Morgan fingerprint density at radius 2 is 1.70 bits per heavy atom. The maximum Gasteiger partial charge on any atom is 0.573 e. The van der Waals surface area contributed by atoms with Crippen molar-refractivity contribution < 1.29 is 27.9 Å². The molecule has 1 heterocycles. The SMILES string of the molecule is Cl.Cl.O=[N+]([O-])c1ccc(O)c([C@H](c2ccc(OC(F)(F)F)cc2)N2CCNCC2)c1. The van der Waals surface area contributed by atoms with Crippen molar-refractivity contribution in [2.45, 2.75) is 12.4 Å². The average molecular weight is 470 g/mol. The highest BCUT2D eigenvalue weighted by Crippen LogP contribution is 2.37. The maximum atomic E-state index is 12.4. The number of hydrogen-bond acceptors (Lipinski definition) is 6. The molecule has 1 atom stereocenters. The Morgan fingerprint density at radius 1 is 1.10 bits per heavy atom. The summed E-state index contributed by atoms with van der Waals surface area (Å²) < 4.78 is 41.1. The molecule has 2 aromatic rings. The molecule has 0 radical (unpaired) electrons. The van der Waals surface area contributed by atoms with Crippen LogP contribution >= 0.6 is 24.8 Å². The van der Waals surface area contributed by atoms with Gasteiger partial charge in [-0.15, -0.1) is 38.0 Å². The summed E-state index contributed by atoms with van der Waals surface area (Å²) in [4.78, 5) is 12.6. The van der Waals surface area contributed by atoms with Crippen LogP contribution in [-0.2, 0) is 0 Å². The van der Waals surface area contributed by atoms with E-state index in [9.17, 15) is 28.4 Å². The van der Waals surface area contributed by atoms with Gasteiger partial charge in [0.25, 0.3) is 5.69 Å². The highest BCUT2D eigenvalue weighted by Gasteiger charge is 2.32. The molecule has 1 aliphatic heterocycles. The molecule has 1 fully saturated rings. The molecule has 0 bridgehead atoms. The minimum Gasteiger partial charge on any atom is -0.508 e. The van der Waals surface area contributed by atoms with Crippen LogP contribution in [-0.4, -0.2) is 47.5 Å². The van der Waals surface area contributed by atoms with Crippen molar-refractivity contribution in [2.75, 3.05) is 26.2 Å². The number of nitro groups is 1. The van der Waals surface area contributed by atoms with Gasteiger partial charge in [-0.1, -0.05) is 12.1 Å². The Morgan fingerprint density at radius 3 is 2.23 bits per heavy atom. The van der Waals surface area contributed by atoms with Crippen LogP contribution in [0.5, 0.6) is 11.5 Å². The van der Waals surface area contributed by atoms with Crippen LogP contribution < -0.4 is 10.1 Å². The molecule has 1 saturated heterocycles. The molecule has 0 aliphatic carbocycles. The third-order valence-electron chi connectivity index (χ3n) is 4.46. The van der Waals surface area contributed by atoms with Gasteiger partial charge in [0.1, 0.15) is 11.5 Å². The van der Waals surface area contributed by atoms with Crippen LogP contribution in [0.25, 0.3) is 0 Å². The fourth-order valence-corrected chi connectivity index (χ4v) is 3.25. The Hall–Kier alpha value is -2.27. The number of hydrogen-bond donors (Lipinski definition) is 2. The van der Waals surface area contributed by atoms with Gasteiger partial charge in [0, 0.05) is 43.9 Å². The van der Waals surface area contributed by atoms with E-state index in [4.69, 9.17) is 0 Å². The number of aromatic hydroxyl groups is 1. The first-order valence-corrected chi connectivity index (χ1v) is 8.52. The molecule has 3 rings (SSSR count). The minimum absolute atomic E-state index is 0. The number of rotatable bonds is 5. The number of phenolic OH excluding ortho intramolecular Hbond substituents is 1. The van der Waals surface area contributed by atoms with Gasteiger partial charge in [-0.05, 0) is 23.8 Å². The fraction of sp³-hybridized carbons (Fsp3) is 0.333. The monoisotopic (exact) mass is 469 g/mol. The summed E-state index contributed by atoms with van der Waals surface area (Å²) >= 11 is 0. The van der Waals surface area contributed by atoms with Crippen LogP contribution in [0.4, 0.5) is 18.9 Å². The third kappa shape index (κ3) is 6.36. The van der Waals surface area contributed by atoms with E-state index in [1.807, 2.05) is 4.90 Å². The topological polar surface area (TPSA) is 87.9 Å². The molecule has 30 heavy (non-hydrogen) atoms. The number of benzene rings is 2. The van der Waals surface area contributed by atoms with Crippen molar-refractivity contribution >= 4 is 30.5 Å². The molecule has 0 unspecified atom stereocenters. The van der Waals surface area contributed by atoms with E-state index in [-0.39, 0.29) is 42.0 Å². The molecule has 0 spiro atoms. The summed E-state index contributed by atoms with van der Waals surface area (Å²) in [5.74, 6) is -0.483. The second-order valence-electron chi connectivity index (χ2n) is 6.31. The van der Waals surface area contributed by atoms with E-state index in [0.717, 1.165) is 0 Å². The van der Waals surface area contributed by atoms with Crippen molar-refractivity contribution in [1.82, 2.24) is 10.2 Å². The zero-order chi connectivity index (χ0) is 20.3. The predicted molar refractivity (Wildman–Crippen MR) is 109 cm³/mol. The zero-order valence-corrected chi connectivity index (χ0v) is 17.1. The molecular weight excluding hydrogens is 450 g/mol. The van der Waals surface area contributed by atoms with E-state index >= 15 is 0 Å². The molecule has 2 N–H and O–H groups in total. The lowest BCUT2D eigenvalue weighted by Crippen LogP contribution is -2.45. The van der Waals surface area contributed by atoms with Crippen LogP contribution in [0.1, 0.15) is 17.2 Å². The number of phenols is 1. The van der Waals surface area contributed by atoms with Gasteiger partial charge in [0.05, 0.1) is 11.0 Å². The van der Waals surface area contributed by atoms with Gasteiger partial charge in [-0.2, -0.15) is 0 Å². The van der Waals surface area contributed by atoms with Crippen LogP contribution in [0, 0.1) is 10.1 Å². The highest BCUT2D eigenvalue weighted by molar-refractivity contribution is 5.85. The largest absolute Gasteiger partial charge is 0.573 e. The zero-order valence-electron chi connectivity index (χ0n) is 15.5. The smallest absolute Gasteiger partial charge is 0.508 e. The van der Waals surface area contributed by atoms with E-state index in [0.29, 0.717) is 37.3 Å². The maximum absolute atomic E-state index is 12.4. The van der Waals surface area contributed by atoms with Gasteiger partial charge in [0.15, 0.2) is 0 Å². The number of non-ortho nitro benzene ring substituents is 1. The number of ether oxygens (including phenoxy) is 1. The van der Waals surface area contributed by atoms with E-state index in [1.54, 1.807) is 0 Å². The van der Waals surface area contributed by atoms with E-state index in [1.165, 1.54) is 42.5 Å². The molecule has 1 aliphatic rings. The lowest BCUT2D eigenvalue weighted by atomic mass is 9.95. The highest BCUT2D eigenvalue weighted by atomic mass is 35.5. The van der Waals surface area contributed by atoms with Crippen LogP contribution in [0.15, 0.2) is 42.5 Å². The van der Waals surface area contributed by atoms with Crippen molar-refractivity contribution in [2.24, 2.45) is 0 Å². The lowest BCUT2D eigenvalue weighted by Gasteiger charge is -2.35. The Bertz CT molecular complexity index is 848. The molecule has 7 nitrogen and oxygen atoms in total. The summed E-state index contributed by atoms with van der Waals surface area (Å²) in [5, 5.41) is 24.7. The number of alkyl halides is 3. The van der Waals surface area contributed by atoms with Crippen molar-refractivity contribution in [3.63, 3.8) is 0 Å². The van der Waals surface area contributed by atoms with E-state index < -0.39 is 17.3 Å². The second-order valence-corrected chi connectivity index (χ2v) is 6.31. The lowest BCUT2D eigenvalue weighted by molar-refractivity contribution is -0.385. The van der Waals surface area contributed by atoms with Gasteiger partial charge < -0.3 is 15.2 Å². The van der Waals surface area contributed by atoms with E-state index in [2.05, 4.69) is 10.1 Å². The molecule has 166 valence electrons. The number of nitro benzene ring substituents is 1. The van der Waals surface area contributed by atoms with Crippen molar-refractivity contribution in [3.05, 3.63) is 63.7 Å². The van der Waals surface area contributed by atoms with Crippen LogP contribution in [0.2, 0.25) is 0 Å². The molecule has 0 aromatic heterocycles. The summed E-state index contributed by atoms with van der Waals surface area (Å²) in [5.41, 5.74) is 0.734. The third-order valence-corrected chi connectivity index (χ3v) is 4.46. The molecule has 12 heteroatoms. The Kier molecular flexibility index (Phi) is 9.16. The standard InChI is InChI=1S/C18H18F3N3O4.2ClH/c19-18(20,21)28-14-4-1-12(2-5-14)17(23-9-7-22-8-10-23)15-11-13(24(26)27)3-6-16(15)25;;/h1-6,11,17,22,25H,7-10H2;2*1H/t17-;;/m0../s1. The molecule has 0 amide bonds. The summed E-state index contributed by atoms with van der Waals surface area (Å²) in [6, 6.07) is 8.50. The summed E-state index contributed by atoms with van der Waals surface area (Å²) in [6.07, 6.45) is -4.79. The quantitative estimate of drug-likeness (QED) is 0.507.